The maximum Gasteiger partial charge on any atom is 0.261 e. The molecule has 1 unspecified atom stereocenters. The fraction of sp³-hybridized carbons (Fsp3) is 0.300. The van der Waals surface area contributed by atoms with Gasteiger partial charge in [0.1, 0.15) is 5.82 Å². The highest BCUT2D eigenvalue weighted by Gasteiger charge is 2.36. The monoisotopic (exact) mass is 632 g/mol. The summed E-state index contributed by atoms with van der Waals surface area (Å²) in [6.07, 6.45) is 1.44. The van der Waals surface area contributed by atoms with Gasteiger partial charge in [-0.15, -0.1) is 0 Å². The van der Waals surface area contributed by atoms with Crippen LogP contribution in [0.3, 0.4) is 0 Å². The smallest absolute Gasteiger partial charge is 0.261 e. The number of carbonyl (C=O) groups excluding carboxylic acids is 1. The molecule has 13 heteroatoms. The number of aromatic nitrogens is 1. The number of sulfone groups is 1. The number of halogens is 3. The van der Waals surface area contributed by atoms with Crippen LogP contribution in [0.25, 0.3) is 11.1 Å². The first-order chi connectivity index (χ1) is 20.5. The molecule has 8 nitrogen and oxygen atoms in total. The van der Waals surface area contributed by atoms with Crippen molar-refractivity contribution in [2.75, 3.05) is 32.7 Å². The van der Waals surface area contributed by atoms with Gasteiger partial charge in [0, 0.05) is 35.1 Å². The lowest BCUT2D eigenvalue weighted by Gasteiger charge is -2.32. The van der Waals surface area contributed by atoms with Crippen LogP contribution in [-0.2, 0) is 30.7 Å². The zero-order valence-corrected chi connectivity index (χ0v) is 24.5. The molecule has 43 heavy (non-hydrogen) atoms. The first-order valence-corrected chi connectivity index (χ1v) is 15.4. The van der Waals surface area contributed by atoms with Crippen molar-refractivity contribution in [3.05, 3.63) is 94.8 Å². The van der Waals surface area contributed by atoms with E-state index in [2.05, 4.69) is 4.98 Å². The molecule has 0 saturated carbocycles. The molecule has 1 aromatic heterocycles. The summed E-state index contributed by atoms with van der Waals surface area (Å²) in [5, 5.41) is 1.06. The Labute approximate surface area is 252 Å². The van der Waals surface area contributed by atoms with E-state index in [1.807, 2.05) is 0 Å². The Morgan fingerprint density at radius 1 is 1.07 bits per heavy atom. The summed E-state index contributed by atoms with van der Waals surface area (Å²) in [5.41, 5.74) is 0.971. The van der Waals surface area contributed by atoms with Crippen LogP contribution in [0.1, 0.15) is 17.2 Å². The van der Waals surface area contributed by atoms with Crippen LogP contribution in [0.5, 0.6) is 5.88 Å². The molecule has 0 N–H and O–H groups in total. The highest BCUT2D eigenvalue weighted by atomic mass is 32.2. The summed E-state index contributed by atoms with van der Waals surface area (Å²) in [4.78, 5) is 19.6. The summed E-state index contributed by atoms with van der Waals surface area (Å²) < 4.78 is 83.8. The Morgan fingerprint density at radius 2 is 1.79 bits per heavy atom. The Bertz CT molecular complexity index is 1680. The van der Waals surface area contributed by atoms with Crippen molar-refractivity contribution >= 4 is 33.0 Å². The minimum Gasteiger partial charge on any atom is -0.481 e. The fourth-order valence-electron chi connectivity index (χ4n) is 4.68. The van der Waals surface area contributed by atoms with E-state index in [1.165, 1.54) is 42.5 Å². The molecule has 3 aromatic rings. The number of carbonyl (C=O) groups is 1. The first kappa shape index (κ1) is 30.8. The first-order valence-electron chi connectivity index (χ1n) is 13.2. The molecule has 1 fully saturated rings. The number of nitrogens with zero attached hydrogens (tertiary/aromatic N) is 2. The summed E-state index contributed by atoms with van der Waals surface area (Å²) in [5.74, 6) is -4.44. The molecule has 226 valence electrons. The lowest BCUT2D eigenvalue weighted by molar-refractivity contribution is -0.146. The normalized spacial score (nSPS) is 18.2. The van der Waals surface area contributed by atoms with Gasteiger partial charge < -0.3 is 14.2 Å². The fourth-order valence-corrected chi connectivity index (χ4v) is 6.41. The van der Waals surface area contributed by atoms with Crippen molar-refractivity contribution in [3.8, 4) is 17.0 Å². The molecule has 0 bridgehead atoms. The topological polar surface area (TPSA) is 95.0 Å². The Kier molecular flexibility index (Phi) is 9.25. The number of methoxy groups -OCH3 is 1. The van der Waals surface area contributed by atoms with Gasteiger partial charge in [-0.2, -0.15) is 0 Å². The van der Waals surface area contributed by atoms with Crippen molar-refractivity contribution < 1.29 is 40.6 Å². The number of thiocarbonyl (C=S) groups is 1. The summed E-state index contributed by atoms with van der Waals surface area (Å²) in [6, 6.07) is 10.4. The number of pyridine rings is 1. The molecular formula is C30H27F3N2O6S2. The molecule has 2 aliphatic heterocycles. The number of hydrogen-bond acceptors (Lipinski definition) is 8. The molecule has 3 heterocycles. The second-order valence-electron chi connectivity index (χ2n) is 10.2. The third-order valence-corrected chi connectivity index (χ3v) is 9.01. The zero-order valence-electron chi connectivity index (χ0n) is 22.9. The van der Waals surface area contributed by atoms with Crippen LogP contribution < -0.4 is 4.74 Å². The van der Waals surface area contributed by atoms with Crippen LogP contribution in [0.2, 0.25) is 0 Å². The molecular weight excluding hydrogens is 605 g/mol. The Balaban J connectivity index is 1.51. The van der Waals surface area contributed by atoms with Crippen molar-refractivity contribution in [3.63, 3.8) is 0 Å². The lowest BCUT2D eigenvalue weighted by Crippen LogP contribution is -2.43. The van der Waals surface area contributed by atoms with Gasteiger partial charge in [0.2, 0.25) is 5.88 Å². The maximum absolute atomic E-state index is 15.7. The standard InChI is InChI=1S/C30H27F3N2O6S2/c1-39-27-10-18(6-8-34-27)13-35(30(42)22-7-9-43(37,38)17-22)29(36)28(41-16-19-14-40-15-19)23-4-2-20(11-25(23)32)21-3-5-24(31)26(33)12-21/h2-12,19,22,28H,13-17H2,1H3/t22-,28?/m1/s1. The van der Waals surface area contributed by atoms with Crippen LogP contribution in [0.15, 0.2) is 66.2 Å². The quantitative estimate of drug-likeness (QED) is 0.295. The average Bonchev–Trinajstić information content (AvgIpc) is 3.33. The molecule has 1 saturated heterocycles. The molecule has 2 atom stereocenters. The summed E-state index contributed by atoms with van der Waals surface area (Å²) >= 11 is 5.66. The van der Waals surface area contributed by atoms with Gasteiger partial charge in [0.15, 0.2) is 27.6 Å². The minimum absolute atomic E-state index is 0.00686. The van der Waals surface area contributed by atoms with Crippen LogP contribution >= 0.6 is 12.2 Å². The number of rotatable bonds is 10. The van der Waals surface area contributed by atoms with E-state index in [9.17, 15) is 22.0 Å². The summed E-state index contributed by atoms with van der Waals surface area (Å²) in [6.45, 7) is 0.828. The van der Waals surface area contributed by atoms with Gasteiger partial charge in [-0.1, -0.05) is 36.5 Å². The van der Waals surface area contributed by atoms with Crippen LogP contribution in [-0.4, -0.2) is 61.9 Å². The summed E-state index contributed by atoms with van der Waals surface area (Å²) in [7, 11) is -2.07. The SMILES string of the molecule is COc1cc(CN(C(=O)C(OCC2COC2)c2ccc(-c3ccc(F)c(F)c3)cc2F)C(=S)[C@@H]2C=CS(=O)(=O)C2)ccn1. The molecule has 1 amide bonds. The van der Waals surface area contributed by atoms with Crippen molar-refractivity contribution in [1.29, 1.82) is 0 Å². The van der Waals surface area contributed by atoms with Gasteiger partial charge >= 0.3 is 0 Å². The predicted octanol–water partition coefficient (Wildman–Crippen LogP) is 4.79. The number of hydrogen-bond donors (Lipinski definition) is 0. The highest BCUT2D eigenvalue weighted by Crippen LogP contribution is 2.32. The Morgan fingerprint density at radius 3 is 2.40 bits per heavy atom. The highest BCUT2D eigenvalue weighted by molar-refractivity contribution is 7.94. The molecule has 0 aliphatic carbocycles. The van der Waals surface area contributed by atoms with E-state index in [-0.39, 0.29) is 52.4 Å². The maximum atomic E-state index is 15.7. The number of ether oxygens (including phenoxy) is 3. The van der Waals surface area contributed by atoms with E-state index in [0.29, 0.717) is 18.8 Å². The lowest BCUT2D eigenvalue weighted by atomic mass is 9.99. The molecule has 2 aromatic carbocycles. The average molecular weight is 633 g/mol. The second-order valence-corrected chi connectivity index (χ2v) is 12.6. The van der Waals surface area contributed by atoms with Gasteiger partial charge in [-0.3, -0.25) is 9.69 Å². The van der Waals surface area contributed by atoms with Crippen molar-refractivity contribution in [2.24, 2.45) is 11.8 Å². The van der Waals surface area contributed by atoms with E-state index in [4.69, 9.17) is 26.4 Å². The third-order valence-electron chi connectivity index (χ3n) is 7.09. The third kappa shape index (κ3) is 7.12. The van der Waals surface area contributed by atoms with Crippen molar-refractivity contribution in [2.45, 2.75) is 12.6 Å². The van der Waals surface area contributed by atoms with Crippen molar-refractivity contribution in [1.82, 2.24) is 9.88 Å². The number of benzene rings is 2. The number of amides is 1. The van der Waals surface area contributed by atoms with E-state index < -0.39 is 45.2 Å². The zero-order chi connectivity index (χ0) is 30.7. The van der Waals surface area contributed by atoms with Gasteiger partial charge in [-0.05, 0) is 41.0 Å². The largest absolute Gasteiger partial charge is 0.481 e. The predicted molar refractivity (Wildman–Crippen MR) is 155 cm³/mol. The van der Waals surface area contributed by atoms with E-state index in [0.717, 1.165) is 23.6 Å². The van der Waals surface area contributed by atoms with E-state index >= 15 is 4.39 Å². The molecule has 0 spiro atoms. The van der Waals surface area contributed by atoms with Crippen LogP contribution in [0.4, 0.5) is 13.2 Å². The van der Waals surface area contributed by atoms with Gasteiger partial charge in [-0.25, -0.2) is 26.6 Å². The molecule has 2 aliphatic rings. The second kappa shape index (κ2) is 12.9. The molecule has 5 rings (SSSR count). The minimum atomic E-state index is -3.51. The Hall–Kier alpha value is -3.65. The van der Waals surface area contributed by atoms with Gasteiger partial charge in [0.25, 0.3) is 5.91 Å². The van der Waals surface area contributed by atoms with Gasteiger partial charge in [0.05, 0.1) is 44.2 Å². The van der Waals surface area contributed by atoms with E-state index in [1.54, 1.807) is 12.1 Å². The molecule has 0 radical (unpaired) electrons. The van der Waals surface area contributed by atoms with Crippen LogP contribution in [0, 0.1) is 29.3 Å².